The standard InChI is InChI=1S/C19H24N4O2/c1-2-11-23-17(8-10-20-23)19(25)21-16-13-18(24)22(14-16)12-9-15-6-4-3-5-7-15/h3-8,10,16H,2,9,11-14H2,1H3,(H,21,25). The largest absolute Gasteiger partial charge is 0.346 e. The second kappa shape index (κ2) is 7.96. The van der Waals surface area contributed by atoms with Gasteiger partial charge in [0.1, 0.15) is 5.69 Å². The Kier molecular flexibility index (Phi) is 5.48. The summed E-state index contributed by atoms with van der Waals surface area (Å²) in [5.74, 6) is -0.0584. The van der Waals surface area contributed by atoms with Crippen LogP contribution in [-0.4, -0.2) is 45.6 Å². The molecule has 132 valence electrons. The number of carbonyl (C=O) groups is 2. The highest BCUT2D eigenvalue weighted by molar-refractivity contribution is 5.93. The van der Waals surface area contributed by atoms with E-state index < -0.39 is 0 Å². The molecule has 1 aromatic heterocycles. The number of nitrogens with one attached hydrogen (secondary N) is 1. The van der Waals surface area contributed by atoms with E-state index in [0.29, 0.717) is 31.7 Å². The average molecular weight is 340 g/mol. The quantitative estimate of drug-likeness (QED) is 0.837. The molecular weight excluding hydrogens is 316 g/mol. The molecule has 1 aliphatic rings. The van der Waals surface area contributed by atoms with Crippen LogP contribution in [0.3, 0.4) is 0 Å². The molecular formula is C19H24N4O2. The van der Waals surface area contributed by atoms with E-state index in [1.165, 1.54) is 5.56 Å². The summed E-state index contributed by atoms with van der Waals surface area (Å²) in [5, 5.41) is 7.15. The first kappa shape index (κ1) is 17.2. The maximum absolute atomic E-state index is 12.4. The van der Waals surface area contributed by atoms with Gasteiger partial charge in [-0.2, -0.15) is 5.10 Å². The Balaban J connectivity index is 1.53. The maximum Gasteiger partial charge on any atom is 0.269 e. The van der Waals surface area contributed by atoms with Crippen molar-refractivity contribution in [2.45, 2.75) is 38.8 Å². The first-order valence-electron chi connectivity index (χ1n) is 8.81. The zero-order valence-electron chi connectivity index (χ0n) is 14.5. The molecule has 0 spiro atoms. The van der Waals surface area contributed by atoms with Gasteiger partial charge in [-0.1, -0.05) is 37.3 Å². The minimum absolute atomic E-state index is 0.100. The van der Waals surface area contributed by atoms with Crippen molar-refractivity contribution in [3.63, 3.8) is 0 Å². The molecule has 1 aliphatic heterocycles. The number of rotatable bonds is 7. The zero-order chi connectivity index (χ0) is 17.6. The van der Waals surface area contributed by atoms with E-state index in [2.05, 4.69) is 22.5 Å². The van der Waals surface area contributed by atoms with Gasteiger partial charge in [0.05, 0.1) is 6.04 Å². The summed E-state index contributed by atoms with van der Waals surface area (Å²) in [5.41, 5.74) is 1.77. The topological polar surface area (TPSA) is 67.2 Å². The highest BCUT2D eigenvalue weighted by atomic mass is 16.2. The van der Waals surface area contributed by atoms with Crippen molar-refractivity contribution in [3.8, 4) is 0 Å². The second-order valence-corrected chi connectivity index (χ2v) is 6.39. The van der Waals surface area contributed by atoms with Gasteiger partial charge in [0.2, 0.25) is 5.91 Å². The van der Waals surface area contributed by atoms with E-state index >= 15 is 0 Å². The zero-order valence-corrected chi connectivity index (χ0v) is 14.5. The van der Waals surface area contributed by atoms with E-state index in [9.17, 15) is 9.59 Å². The summed E-state index contributed by atoms with van der Waals surface area (Å²) in [7, 11) is 0. The second-order valence-electron chi connectivity index (χ2n) is 6.39. The van der Waals surface area contributed by atoms with Crippen LogP contribution in [0.1, 0.15) is 35.8 Å². The first-order chi connectivity index (χ1) is 12.2. The number of benzene rings is 1. The summed E-state index contributed by atoms with van der Waals surface area (Å²) in [6.07, 6.45) is 3.74. The fourth-order valence-corrected chi connectivity index (χ4v) is 3.17. The van der Waals surface area contributed by atoms with Crippen LogP contribution in [-0.2, 0) is 17.8 Å². The summed E-state index contributed by atoms with van der Waals surface area (Å²) in [4.78, 5) is 26.5. The maximum atomic E-state index is 12.4. The fraction of sp³-hybridized carbons (Fsp3) is 0.421. The van der Waals surface area contributed by atoms with E-state index in [-0.39, 0.29) is 17.9 Å². The van der Waals surface area contributed by atoms with Crippen molar-refractivity contribution in [2.24, 2.45) is 0 Å². The van der Waals surface area contributed by atoms with Crippen LogP contribution in [0.25, 0.3) is 0 Å². The number of aryl methyl sites for hydroxylation is 1. The van der Waals surface area contributed by atoms with Gasteiger partial charge in [0.15, 0.2) is 0 Å². The minimum Gasteiger partial charge on any atom is -0.346 e. The number of nitrogens with zero attached hydrogens (tertiary/aromatic N) is 3. The third-order valence-electron chi connectivity index (χ3n) is 4.45. The molecule has 2 heterocycles. The molecule has 2 aromatic rings. The molecule has 3 rings (SSSR count). The van der Waals surface area contributed by atoms with Gasteiger partial charge in [0.25, 0.3) is 5.91 Å². The average Bonchev–Trinajstić information content (AvgIpc) is 3.21. The Morgan fingerprint density at radius 1 is 1.24 bits per heavy atom. The molecule has 1 fully saturated rings. The van der Waals surface area contributed by atoms with Crippen LogP contribution in [0.5, 0.6) is 0 Å². The lowest BCUT2D eigenvalue weighted by atomic mass is 10.1. The molecule has 0 saturated carbocycles. The molecule has 1 atom stereocenters. The van der Waals surface area contributed by atoms with E-state index in [4.69, 9.17) is 0 Å². The molecule has 6 heteroatoms. The molecule has 0 radical (unpaired) electrons. The third kappa shape index (κ3) is 4.26. The number of hydrogen-bond acceptors (Lipinski definition) is 3. The van der Waals surface area contributed by atoms with Crippen LogP contribution in [0.2, 0.25) is 0 Å². The lowest BCUT2D eigenvalue weighted by molar-refractivity contribution is -0.127. The third-order valence-corrected chi connectivity index (χ3v) is 4.45. The molecule has 1 aromatic carbocycles. The van der Waals surface area contributed by atoms with Crippen LogP contribution < -0.4 is 5.32 Å². The molecule has 2 amide bonds. The number of hydrogen-bond donors (Lipinski definition) is 1. The van der Waals surface area contributed by atoms with Crippen LogP contribution in [0.4, 0.5) is 0 Å². The number of amides is 2. The number of likely N-dealkylation sites (tertiary alicyclic amines) is 1. The van der Waals surface area contributed by atoms with Gasteiger partial charge < -0.3 is 10.2 Å². The molecule has 1 saturated heterocycles. The van der Waals surface area contributed by atoms with Gasteiger partial charge in [-0.25, -0.2) is 0 Å². The van der Waals surface area contributed by atoms with Crippen molar-refractivity contribution in [1.82, 2.24) is 20.0 Å². The smallest absolute Gasteiger partial charge is 0.269 e. The molecule has 1 unspecified atom stereocenters. The first-order valence-corrected chi connectivity index (χ1v) is 8.81. The minimum atomic E-state index is -0.159. The van der Waals surface area contributed by atoms with Crippen molar-refractivity contribution in [2.75, 3.05) is 13.1 Å². The van der Waals surface area contributed by atoms with Crippen molar-refractivity contribution in [3.05, 3.63) is 53.9 Å². The Labute approximate surface area is 147 Å². The van der Waals surface area contributed by atoms with Gasteiger partial charge >= 0.3 is 0 Å². The predicted octanol–water partition coefficient (Wildman–Crippen LogP) is 1.87. The number of aromatic nitrogens is 2. The van der Waals surface area contributed by atoms with Gasteiger partial charge in [-0.05, 0) is 24.5 Å². The van der Waals surface area contributed by atoms with E-state index in [1.807, 2.05) is 30.0 Å². The summed E-state index contributed by atoms with van der Waals surface area (Å²) >= 11 is 0. The Bertz CT molecular complexity index is 726. The molecule has 6 nitrogen and oxygen atoms in total. The molecule has 0 aliphatic carbocycles. The monoisotopic (exact) mass is 340 g/mol. The highest BCUT2D eigenvalue weighted by Gasteiger charge is 2.30. The van der Waals surface area contributed by atoms with Gasteiger partial charge in [-0.15, -0.1) is 0 Å². The normalized spacial score (nSPS) is 17.1. The SMILES string of the molecule is CCCn1nccc1C(=O)NC1CC(=O)N(CCc2ccccc2)C1. The van der Waals surface area contributed by atoms with Gasteiger partial charge in [0, 0.05) is 32.3 Å². The summed E-state index contributed by atoms with van der Waals surface area (Å²) < 4.78 is 1.71. The Morgan fingerprint density at radius 2 is 2.04 bits per heavy atom. The lowest BCUT2D eigenvalue weighted by Crippen LogP contribution is -2.38. The summed E-state index contributed by atoms with van der Waals surface area (Å²) in [6, 6.07) is 11.7. The summed E-state index contributed by atoms with van der Waals surface area (Å²) in [6.45, 7) is 4.01. The highest BCUT2D eigenvalue weighted by Crippen LogP contribution is 2.13. The number of carbonyl (C=O) groups excluding carboxylic acids is 2. The molecule has 0 bridgehead atoms. The molecule has 25 heavy (non-hydrogen) atoms. The van der Waals surface area contributed by atoms with E-state index in [0.717, 1.165) is 12.8 Å². The fourth-order valence-electron chi connectivity index (χ4n) is 3.17. The Hall–Kier alpha value is -2.63. The van der Waals surface area contributed by atoms with Crippen molar-refractivity contribution >= 4 is 11.8 Å². The van der Waals surface area contributed by atoms with Crippen molar-refractivity contribution in [1.29, 1.82) is 0 Å². The lowest BCUT2D eigenvalue weighted by Gasteiger charge is -2.17. The van der Waals surface area contributed by atoms with Crippen molar-refractivity contribution < 1.29 is 9.59 Å². The van der Waals surface area contributed by atoms with E-state index in [1.54, 1.807) is 16.9 Å². The van der Waals surface area contributed by atoms with Gasteiger partial charge in [-0.3, -0.25) is 14.3 Å². The Morgan fingerprint density at radius 3 is 2.80 bits per heavy atom. The molecule has 1 N–H and O–H groups in total. The van der Waals surface area contributed by atoms with Crippen LogP contribution in [0, 0.1) is 0 Å². The predicted molar refractivity (Wildman–Crippen MR) is 95.1 cm³/mol. The van der Waals surface area contributed by atoms with Crippen LogP contribution in [0.15, 0.2) is 42.6 Å². The van der Waals surface area contributed by atoms with Crippen LogP contribution >= 0.6 is 0 Å².